The molecule has 0 saturated heterocycles. The third kappa shape index (κ3) is 8.70. The Morgan fingerprint density at radius 1 is 0.525 bits per heavy atom. The van der Waals surface area contributed by atoms with Gasteiger partial charge in [0.05, 0.1) is 0 Å². The van der Waals surface area contributed by atoms with Gasteiger partial charge >= 0.3 is 0 Å². The number of rotatable bonds is 11. The van der Waals surface area contributed by atoms with E-state index in [0.29, 0.717) is 36.2 Å². The van der Waals surface area contributed by atoms with Gasteiger partial charge in [-0.05, 0) is 46.5 Å². The minimum atomic E-state index is -0.164. The van der Waals surface area contributed by atoms with Crippen molar-refractivity contribution >= 4 is 47.2 Å². The van der Waals surface area contributed by atoms with Crippen LogP contribution in [0, 0.1) is 0 Å². The third-order valence-corrected chi connectivity index (χ3v) is 7.01. The number of hydrogen-bond acceptors (Lipinski definition) is 2. The molecule has 4 aromatic rings. The average molecular weight is 570 g/mol. The zero-order valence-electron chi connectivity index (χ0n) is 22.0. The van der Waals surface area contributed by atoms with Crippen molar-refractivity contribution in [1.29, 1.82) is 0 Å². The van der Waals surface area contributed by atoms with E-state index in [1.54, 1.807) is 34.1 Å². The average Bonchev–Trinajstić information content (AvgIpc) is 2.98. The minimum absolute atomic E-state index is 0.164. The summed E-state index contributed by atoms with van der Waals surface area (Å²) in [5, 5.41) is 1.15. The number of carbonyl (C=O) groups excluding carboxylic acids is 2. The van der Waals surface area contributed by atoms with Gasteiger partial charge in [0, 0.05) is 48.4 Å². The second-order valence-corrected chi connectivity index (χ2v) is 10.0. The third-order valence-electron chi connectivity index (χ3n) is 6.32. The topological polar surface area (TPSA) is 40.6 Å². The summed E-state index contributed by atoms with van der Waals surface area (Å²) in [6.07, 6.45) is 6.51. The first-order valence-electron chi connectivity index (χ1n) is 13.0. The molecular formula is C34H30Cl2N2O2. The van der Waals surface area contributed by atoms with Crippen LogP contribution in [0.1, 0.15) is 22.3 Å². The van der Waals surface area contributed by atoms with Crippen molar-refractivity contribution in [2.45, 2.75) is 13.1 Å². The van der Waals surface area contributed by atoms with Gasteiger partial charge in [-0.15, -0.1) is 0 Å². The first kappa shape index (κ1) is 28.9. The van der Waals surface area contributed by atoms with Crippen LogP contribution < -0.4 is 0 Å². The fourth-order valence-corrected chi connectivity index (χ4v) is 4.53. The number of benzene rings is 4. The van der Waals surface area contributed by atoms with Crippen LogP contribution in [0.25, 0.3) is 12.2 Å². The molecule has 0 heterocycles. The van der Waals surface area contributed by atoms with E-state index >= 15 is 0 Å². The van der Waals surface area contributed by atoms with Gasteiger partial charge in [-0.3, -0.25) is 9.59 Å². The van der Waals surface area contributed by atoms with Crippen molar-refractivity contribution in [1.82, 2.24) is 9.80 Å². The number of amides is 2. The lowest BCUT2D eigenvalue weighted by Crippen LogP contribution is -2.39. The maximum Gasteiger partial charge on any atom is 0.246 e. The quantitative estimate of drug-likeness (QED) is 0.173. The summed E-state index contributed by atoms with van der Waals surface area (Å²) in [5.74, 6) is -0.329. The Morgan fingerprint density at radius 2 is 0.875 bits per heavy atom. The van der Waals surface area contributed by atoms with Gasteiger partial charge in [0.25, 0.3) is 0 Å². The second-order valence-electron chi connectivity index (χ2n) is 9.20. The summed E-state index contributed by atoms with van der Waals surface area (Å²) in [6.45, 7) is 1.52. The van der Waals surface area contributed by atoms with Crippen LogP contribution in [0.5, 0.6) is 0 Å². The Labute approximate surface area is 245 Å². The molecule has 0 aliphatic heterocycles. The molecule has 0 fully saturated rings. The lowest BCUT2D eigenvalue weighted by Gasteiger charge is -2.27. The van der Waals surface area contributed by atoms with Gasteiger partial charge in [0.2, 0.25) is 11.8 Å². The lowest BCUT2D eigenvalue weighted by molar-refractivity contribution is -0.130. The zero-order valence-corrected chi connectivity index (χ0v) is 23.5. The van der Waals surface area contributed by atoms with E-state index in [1.807, 2.05) is 97.1 Å². The summed E-state index contributed by atoms with van der Waals surface area (Å²) in [4.78, 5) is 30.3. The van der Waals surface area contributed by atoms with Crippen LogP contribution in [-0.4, -0.2) is 34.7 Å². The first-order chi connectivity index (χ1) is 19.5. The Bertz CT molecular complexity index is 1360. The number of carbonyl (C=O) groups is 2. The molecule has 0 unspecified atom stereocenters. The molecule has 202 valence electrons. The van der Waals surface area contributed by atoms with Gasteiger partial charge in [-0.25, -0.2) is 0 Å². The van der Waals surface area contributed by atoms with Gasteiger partial charge < -0.3 is 9.80 Å². The van der Waals surface area contributed by atoms with Crippen molar-refractivity contribution < 1.29 is 9.59 Å². The number of nitrogens with zero attached hydrogens (tertiary/aromatic N) is 2. The summed E-state index contributed by atoms with van der Waals surface area (Å²) in [7, 11) is 0. The van der Waals surface area contributed by atoms with E-state index in [0.717, 1.165) is 22.3 Å². The predicted octanol–water partition coefficient (Wildman–Crippen LogP) is 7.78. The molecule has 4 nitrogen and oxygen atoms in total. The van der Waals surface area contributed by atoms with Crippen molar-refractivity contribution in [3.63, 3.8) is 0 Å². The molecular weight excluding hydrogens is 539 g/mol. The van der Waals surface area contributed by atoms with E-state index in [1.165, 1.54) is 12.2 Å². The molecule has 0 aromatic heterocycles. The van der Waals surface area contributed by atoms with Gasteiger partial charge in [0.1, 0.15) is 0 Å². The summed E-state index contributed by atoms with van der Waals surface area (Å²) >= 11 is 12.6. The van der Waals surface area contributed by atoms with Crippen molar-refractivity contribution in [2.24, 2.45) is 0 Å². The normalized spacial score (nSPS) is 11.2. The van der Waals surface area contributed by atoms with Gasteiger partial charge in [-0.1, -0.05) is 120 Å². The fourth-order valence-electron chi connectivity index (χ4n) is 4.14. The standard InChI is InChI=1S/C34H30Cl2N2O2/c35-31-17-9-7-15-29(31)19-21-33(39)37(25-27-11-3-1-4-12-27)23-24-38(26-28-13-5-2-6-14-28)34(40)22-20-30-16-8-10-18-32(30)36/h1-22H,23-26H2. The summed E-state index contributed by atoms with van der Waals surface area (Å²) < 4.78 is 0. The SMILES string of the molecule is O=C(C=Cc1ccccc1Cl)N(CCN(Cc1ccccc1)C(=O)C=Cc1ccccc1Cl)Cc1ccccc1. The smallest absolute Gasteiger partial charge is 0.246 e. The van der Waals surface area contributed by atoms with Crippen LogP contribution in [0.3, 0.4) is 0 Å². The van der Waals surface area contributed by atoms with E-state index in [9.17, 15) is 9.59 Å². The molecule has 2 amide bonds. The maximum absolute atomic E-state index is 13.4. The van der Waals surface area contributed by atoms with E-state index < -0.39 is 0 Å². The molecule has 0 atom stereocenters. The molecule has 40 heavy (non-hydrogen) atoms. The Balaban J connectivity index is 1.54. The Morgan fingerprint density at radius 3 is 1.25 bits per heavy atom. The second kappa shape index (κ2) is 14.9. The molecule has 0 radical (unpaired) electrons. The largest absolute Gasteiger partial charge is 0.333 e. The van der Waals surface area contributed by atoms with Crippen LogP contribution in [-0.2, 0) is 22.7 Å². The Kier molecular flexibility index (Phi) is 10.7. The first-order valence-corrected chi connectivity index (χ1v) is 13.8. The number of halogens is 2. The molecule has 0 saturated carbocycles. The predicted molar refractivity (Wildman–Crippen MR) is 165 cm³/mol. The minimum Gasteiger partial charge on any atom is -0.333 e. The van der Waals surface area contributed by atoms with Crippen molar-refractivity contribution in [3.8, 4) is 0 Å². The van der Waals surface area contributed by atoms with Crippen LogP contribution in [0.4, 0.5) is 0 Å². The van der Waals surface area contributed by atoms with Crippen LogP contribution in [0.2, 0.25) is 10.0 Å². The monoisotopic (exact) mass is 568 g/mol. The number of hydrogen-bond donors (Lipinski definition) is 0. The van der Waals surface area contributed by atoms with E-state index in [2.05, 4.69) is 0 Å². The van der Waals surface area contributed by atoms with E-state index in [-0.39, 0.29) is 11.8 Å². The van der Waals surface area contributed by atoms with Crippen molar-refractivity contribution in [2.75, 3.05) is 13.1 Å². The van der Waals surface area contributed by atoms with Crippen LogP contribution >= 0.6 is 23.2 Å². The Hall–Kier alpha value is -4.12. The molecule has 4 aromatic carbocycles. The van der Waals surface area contributed by atoms with Gasteiger partial charge in [0.15, 0.2) is 0 Å². The molecule has 6 heteroatoms. The molecule has 0 aliphatic rings. The highest BCUT2D eigenvalue weighted by molar-refractivity contribution is 6.32. The molecule has 0 N–H and O–H groups in total. The maximum atomic E-state index is 13.4. The highest BCUT2D eigenvalue weighted by atomic mass is 35.5. The molecule has 4 rings (SSSR count). The zero-order chi connectivity index (χ0) is 28.2. The van der Waals surface area contributed by atoms with Crippen LogP contribution in [0.15, 0.2) is 121 Å². The summed E-state index contributed by atoms with van der Waals surface area (Å²) in [6, 6.07) is 34.4. The fraction of sp³-hybridized carbons (Fsp3) is 0.118. The lowest BCUT2D eigenvalue weighted by atomic mass is 10.1. The summed E-state index contributed by atoms with van der Waals surface area (Å²) in [5.41, 5.74) is 3.54. The molecule has 0 spiro atoms. The van der Waals surface area contributed by atoms with Gasteiger partial charge in [-0.2, -0.15) is 0 Å². The van der Waals surface area contributed by atoms with E-state index in [4.69, 9.17) is 23.2 Å². The van der Waals surface area contributed by atoms with Crippen molar-refractivity contribution in [3.05, 3.63) is 154 Å². The molecule has 0 aliphatic carbocycles. The highest BCUT2D eigenvalue weighted by Gasteiger charge is 2.17. The highest BCUT2D eigenvalue weighted by Crippen LogP contribution is 2.18. The molecule has 0 bridgehead atoms.